The van der Waals surface area contributed by atoms with Gasteiger partial charge in [0.25, 0.3) is 0 Å². The number of aromatic nitrogens is 4. The Balaban J connectivity index is 1.90. The van der Waals surface area contributed by atoms with E-state index in [0.29, 0.717) is 36.8 Å². The van der Waals surface area contributed by atoms with Crippen molar-refractivity contribution in [2.45, 2.75) is 26.2 Å². The van der Waals surface area contributed by atoms with Crippen LogP contribution in [0.1, 0.15) is 25.7 Å². The summed E-state index contributed by atoms with van der Waals surface area (Å²) >= 11 is 0. The lowest BCUT2D eigenvalue weighted by atomic mass is 10.3. The molecule has 0 aliphatic heterocycles. The maximum absolute atomic E-state index is 11.4. The molecule has 0 aromatic carbocycles. The van der Waals surface area contributed by atoms with E-state index in [2.05, 4.69) is 25.4 Å². The Morgan fingerprint density at radius 2 is 2.32 bits per heavy atom. The third-order valence-electron chi connectivity index (χ3n) is 2.40. The first kappa shape index (κ1) is 13.1. The van der Waals surface area contributed by atoms with E-state index in [0.717, 1.165) is 6.42 Å². The zero-order valence-corrected chi connectivity index (χ0v) is 10.7. The van der Waals surface area contributed by atoms with Gasteiger partial charge < -0.3 is 9.84 Å². The van der Waals surface area contributed by atoms with Gasteiger partial charge in [0.1, 0.15) is 5.69 Å². The molecule has 0 bridgehead atoms. The smallest absolute Gasteiger partial charge is 0.227 e. The molecule has 100 valence electrons. The minimum atomic E-state index is -0.0129. The third kappa shape index (κ3) is 3.84. The Morgan fingerprint density at radius 3 is 3.05 bits per heavy atom. The fraction of sp³-hybridized carbons (Fsp3) is 0.417. The highest BCUT2D eigenvalue weighted by Crippen LogP contribution is 2.11. The van der Waals surface area contributed by atoms with E-state index in [4.69, 9.17) is 4.52 Å². The van der Waals surface area contributed by atoms with Gasteiger partial charge in [0.2, 0.25) is 17.6 Å². The summed E-state index contributed by atoms with van der Waals surface area (Å²) in [5, 5.41) is 6.60. The van der Waals surface area contributed by atoms with Crippen LogP contribution in [0.5, 0.6) is 0 Å². The van der Waals surface area contributed by atoms with E-state index >= 15 is 0 Å². The summed E-state index contributed by atoms with van der Waals surface area (Å²) in [6.45, 7) is 2.69. The summed E-state index contributed by atoms with van der Waals surface area (Å²) in [6.07, 6.45) is 6.36. The van der Waals surface area contributed by atoms with E-state index in [1.54, 1.807) is 18.6 Å². The van der Waals surface area contributed by atoms with Crippen LogP contribution in [0.25, 0.3) is 11.5 Å². The van der Waals surface area contributed by atoms with Gasteiger partial charge in [0.05, 0.1) is 6.20 Å². The first-order valence-corrected chi connectivity index (χ1v) is 6.15. The summed E-state index contributed by atoms with van der Waals surface area (Å²) in [5.41, 5.74) is 0.549. The molecule has 7 heteroatoms. The number of carbonyl (C=O) groups is 1. The lowest BCUT2D eigenvalue weighted by Gasteiger charge is -2.00. The molecule has 0 unspecified atom stereocenters. The molecule has 0 aliphatic carbocycles. The highest BCUT2D eigenvalue weighted by molar-refractivity contribution is 5.75. The van der Waals surface area contributed by atoms with Gasteiger partial charge in [-0.1, -0.05) is 12.1 Å². The van der Waals surface area contributed by atoms with Gasteiger partial charge in [-0.15, -0.1) is 0 Å². The predicted octanol–water partition coefficient (Wildman–Crippen LogP) is 0.985. The quantitative estimate of drug-likeness (QED) is 0.833. The van der Waals surface area contributed by atoms with Crippen LogP contribution in [0, 0.1) is 0 Å². The molecule has 19 heavy (non-hydrogen) atoms. The van der Waals surface area contributed by atoms with Crippen molar-refractivity contribution in [2.75, 3.05) is 6.54 Å². The Hall–Kier alpha value is -2.31. The van der Waals surface area contributed by atoms with Gasteiger partial charge in [0, 0.05) is 31.8 Å². The van der Waals surface area contributed by atoms with Gasteiger partial charge >= 0.3 is 0 Å². The monoisotopic (exact) mass is 261 g/mol. The first-order valence-electron chi connectivity index (χ1n) is 6.15. The highest BCUT2D eigenvalue weighted by Gasteiger charge is 2.11. The summed E-state index contributed by atoms with van der Waals surface area (Å²) in [4.78, 5) is 23.6. The highest BCUT2D eigenvalue weighted by atomic mass is 16.5. The van der Waals surface area contributed by atoms with E-state index in [1.165, 1.54) is 0 Å². The second kappa shape index (κ2) is 6.58. The Morgan fingerprint density at radius 1 is 1.42 bits per heavy atom. The SMILES string of the molecule is CCCNC(=O)CCc1nc(-c2cnccn2)no1. The van der Waals surface area contributed by atoms with Gasteiger partial charge in [-0.25, -0.2) is 4.98 Å². The van der Waals surface area contributed by atoms with Crippen molar-refractivity contribution in [1.29, 1.82) is 0 Å². The molecule has 0 fully saturated rings. The minimum absolute atomic E-state index is 0.0129. The molecule has 1 amide bonds. The average molecular weight is 261 g/mol. The molecular formula is C12H15N5O2. The van der Waals surface area contributed by atoms with Gasteiger partial charge in [-0.2, -0.15) is 4.98 Å². The van der Waals surface area contributed by atoms with Crippen molar-refractivity contribution in [3.05, 3.63) is 24.5 Å². The molecule has 0 saturated carbocycles. The Bertz CT molecular complexity index is 526. The largest absolute Gasteiger partial charge is 0.356 e. The summed E-state index contributed by atoms with van der Waals surface area (Å²) in [5.74, 6) is 0.797. The van der Waals surface area contributed by atoms with Crippen molar-refractivity contribution < 1.29 is 9.32 Å². The van der Waals surface area contributed by atoms with Crippen LogP contribution in [-0.2, 0) is 11.2 Å². The lowest BCUT2D eigenvalue weighted by Crippen LogP contribution is -2.24. The Labute approximate surface area is 110 Å². The number of rotatable bonds is 6. The van der Waals surface area contributed by atoms with Crippen LogP contribution in [0.3, 0.4) is 0 Å². The maximum atomic E-state index is 11.4. The number of hydrogen-bond donors (Lipinski definition) is 1. The molecular weight excluding hydrogens is 246 g/mol. The summed E-state index contributed by atoms with van der Waals surface area (Å²) < 4.78 is 5.07. The molecule has 0 spiro atoms. The third-order valence-corrected chi connectivity index (χ3v) is 2.40. The van der Waals surface area contributed by atoms with E-state index in [-0.39, 0.29) is 5.91 Å². The van der Waals surface area contributed by atoms with Crippen molar-refractivity contribution in [1.82, 2.24) is 25.4 Å². The maximum Gasteiger partial charge on any atom is 0.227 e. The van der Waals surface area contributed by atoms with E-state index in [1.807, 2.05) is 6.92 Å². The average Bonchev–Trinajstić information content (AvgIpc) is 2.93. The van der Waals surface area contributed by atoms with E-state index in [9.17, 15) is 4.79 Å². The van der Waals surface area contributed by atoms with Crippen molar-refractivity contribution in [3.63, 3.8) is 0 Å². The number of aryl methyl sites for hydroxylation is 1. The molecule has 0 atom stereocenters. The fourth-order valence-electron chi connectivity index (χ4n) is 1.45. The summed E-state index contributed by atoms with van der Waals surface area (Å²) in [6, 6.07) is 0. The standard InChI is InChI=1S/C12H15N5O2/c1-2-5-15-10(18)3-4-11-16-12(17-19-11)9-8-13-6-7-14-9/h6-8H,2-5H2,1H3,(H,15,18). The molecule has 2 heterocycles. The zero-order chi connectivity index (χ0) is 13.5. The van der Waals surface area contributed by atoms with Gasteiger partial charge in [-0.3, -0.25) is 9.78 Å². The van der Waals surface area contributed by atoms with Crippen molar-refractivity contribution >= 4 is 5.91 Å². The second-order valence-electron chi connectivity index (χ2n) is 3.95. The fourth-order valence-corrected chi connectivity index (χ4v) is 1.45. The molecule has 1 N–H and O–H groups in total. The minimum Gasteiger partial charge on any atom is -0.356 e. The Kier molecular flexibility index (Phi) is 4.54. The zero-order valence-electron chi connectivity index (χ0n) is 10.7. The molecule has 0 saturated heterocycles. The first-order chi connectivity index (χ1) is 9.29. The molecule has 2 aromatic heterocycles. The number of carbonyl (C=O) groups excluding carboxylic acids is 1. The number of amides is 1. The van der Waals surface area contributed by atoms with Crippen LogP contribution >= 0.6 is 0 Å². The van der Waals surface area contributed by atoms with Crippen LogP contribution < -0.4 is 5.32 Å². The van der Waals surface area contributed by atoms with Gasteiger partial charge in [-0.05, 0) is 6.42 Å². The predicted molar refractivity (Wildman–Crippen MR) is 66.9 cm³/mol. The van der Waals surface area contributed by atoms with Crippen LogP contribution in [0.2, 0.25) is 0 Å². The normalized spacial score (nSPS) is 10.4. The van der Waals surface area contributed by atoms with Gasteiger partial charge in [0.15, 0.2) is 0 Å². The van der Waals surface area contributed by atoms with Crippen molar-refractivity contribution in [3.8, 4) is 11.5 Å². The lowest BCUT2D eigenvalue weighted by molar-refractivity contribution is -0.121. The van der Waals surface area contributed by atoms with Crippen LogP contribution in [0.4, 0.5) is 0 Å². The number of nitrogens with zero attached hydrogens (tertiary/aromatic N) is 4. The molecule has 7 nitrogen and oxygen atoms in total. The van der Waals surface area contributed by atoms with E-state index < -0.39 is 0 Å². The topological polar surface area (TPSA) is 93.8 Å². The molecule has 2 aromatic rings. The van der Waals surface area contributed by atoms with Crippen LogP contribution in [0.15, 0.2) is 23.1 Å². The number of hydrogen-bond acceptors (Lipinski definition) is 6. The molecule has 2 rings (SSSR count). The van der Waals surface area contributed by atoms with Crippen LogP contribution in [-0.4, -0.2) is 32.6 Å². The molecule has 0 radical (unpaired) electrons. The van der Waals surface area contributed by atoms with Crippen molar-refractivity contribution in [2.24, 2.45) is 0 Å². The molecule has 0 aliphatic rings. The number of nitrogens with one attached hydrogen (secondary N) is 1. The summed E-state index contributed by atoms with van der Waals surface area (Å²) in [7, 11) is 0. The second-order valence-corrected chi connectivity index (χ2v) is 3.95.